The fourth-order valence-electron chi connectivity index (χ4n) is 2.82. The molecule has 86 valence electrons. The second kappa shape index (κ2) is 4.40. The molecule has 0 radical (unpaired) electrons. The van der Waals surface area contributed by atoms with Crippen molar-refractivity contribution in [1.82, 2.24) is 0 Å². The summed E-state index contributed by atoms with van der Waals surface area (Å²) < 4.78 is 0. The molecule has 0 fully saturated rings. The molecular weight excluding hydrogens is 196 g/mol. The van der Waals surface area contributed by atoms with E-state index in [0.29, 0.717) is 11.7 Å². The van der Waals surface area contributed by atoms with Crippen LogP contribution in [0.2, 0.25) is 0 Å². The van der Waals surface area contributed by atoms with Gasteiger partial charge >= 0.3 is 0 Å². The molecule has 0 aromatic heterocycles. The first-order valence-corrected chi connectivity index (χ1v) is 6.36. The Morgan fingerprint density at radius 3 is 2.44 bits per heavy atom. The topological polar surface area (TPSA) is 17.1 Å². The van der Waals surface area contributed by atoms with Gasteiger partial charge in [-0.05, 0) is 41.9 Å². The smallest absolute Gasteiger partial charge is 0.163 e. The Labute approximate surface area is 97.9 Å². The predicted octanol–water partition coefficient (Wildman–Crippen LogP) is 3.89. The monoisotopic (exact) mass is 216 g/mol. The minimum absolute atomic E-state index is 0.361. The van der Waals surface area contributed by atoms with Gasteiger partial charge in [0, 0.05) is 12.0 Å². The highest BCUT2D eigenvalue weighted by atomic mass is 16.1. The van der Waals surface area contributed by atoms with E-state index in [1.54, 1.807) is 0 Å². The third kappa shape index (κ3) is 1.68. The molecule has 0 spiro atoms. The zero-order valence-electron chi connectivity index (χ0n) is 10.5. The maximum absolute atomic E-state index is 12.1. The van der Waals surface area contributed by atoms with Crippen molar-refractivity contribution in [3.63, 3.8) is 0 Å². The van der Waals surface area contributed by atoms with Crippen LogP contribution < -0.4 is 0 Å². The van der Waals surface area contributed by atoms with Crippen LogP contribution in [0.5, 0.6) is 0 Å². The quantitative estimate of drug-likeness (QED) is 0.733. The maximum Gasteiger partial charge on any atom is 0.163 e. The summed E-state index contributed by atoms with van der Waals surface area (Å²) in [6, 6.07) is 4.36. The Hall–Kier alpha value is -1.11. The van der Waals surface area contributed by atoms with Crippen LogP contribution in [-0.2, 0) is 12.8 Å². The van der Waals surface area contributed by atoms with Crippen LogP contribution in [0.3, 0.4) is 0 Å². The summed E-state index contributed by atoms with van der Waals surface area (Å²) in [4.78, 5) is 12.1. The van der Waals surface area contributed by atoms with E-state index in [0.717, 1.165) is 31.2 Å². The molecule has 0 aliphatic heterocycles. The van der Waals surface area contributed by atoms with Crippen molar-refractivity contribution in [2.24, 2.45) is 0 Å². The Bertz CT molecular complexity index is 418. The molecule has 0 N–H and O–H groups in total. The van der Waals surface area contributed by atoms with Gasteiger partial charge < -0.3 is 0 Å². The van der Waals surface area contributed by atoms with Crippen molar-refractivity contribution in [2.75, 3.05) is 0 Å². The fourth-order valence-corrected chi connectivity index (χ4v) is 2.82. The van der Waals surface area contributed by atoms with Gasteiger partial charge in [0.05, 0.1) is 0 Å². The number of benzene rings is 1. The summed E-state index contributed by atoms with van der Waals surface area (Å²) in [7, 11) is 0. The van der Waals surface area contributed by atoms with Crippen LogP contribution in [-0.4, -0.2) is 5.78 Å². The van der Waals surface area contributed by atoms with E-state index in [2.05, 4.69) is 32.9 Å². The minimum atomic E-state index is 0.361. The minimum Gasteiger partial charge on any atom is -0.294 e. The van der Waals surface area contributed by atoms with Gasteiger partial charge in [0.2, 0.25) is 0 Å². The second-order valence-corrected chi connectivity index (χ2v) is 4.74. The summed E-state index contributed by atoms with van der Waals surface area (Å²) in [6.45, 7) is 6.56. The summed E-state index contributed by atoms with van der Waals surface area (Å²) in [5.74, 6) is 0.911. The molecule has 0 amide bonds. The third-order valence-corrected chi connectivity index (χ3v) is 3.76. The zero-order chi connectivity index (χ0) is 11.7. The molecule has 0 heterocycles. The third-order valence-electron chi connectivity index (χ3n) is 3.76. The van der Waals surface area contributed by atoms with E-state index in [-0.39, 0.29) is 0 Å². The highest BCUT2D eigenvalue weighted by Crippen LogP contribution is 2.36. The first-order valence-electron chi connectivity index (χ1n) is 6.36. The lowest BCUT2D eigenvalue weighted by atomic mass is 9.77. The lowest BCUT2D eigenvalue weighted by Crippen LogP contribution is -2.18. The average Bonchev–Trinajstić information content (AvgIpc) is 2.32. The second-order valence-electron chi connectivity index (χ2n) is 4.74. The molecule has 0 saturated carbocycles. The van der Waals surface area contributed by atoms with Crippen molar-refractivity contribution in [1.29, 1.82) is 0 Å². The Morgan fingerprint density at radius 2 is 1.81 bits per heavy atom. The maximum atomic E-state index is 12.1. The molecule has 1 aromatic rings. The van der Waals surface area contributed by atoms with E-state index in [1.165, 1.54) is 16.7 Å². The largest absolute Gasteiger partial charge is 0.294 e. The van der Waals surface area contributed by atoms with Gasteiger partial charge in [0.1, 0.15) is 0 Å². The van der Waals surface area contributed by atoms with Gasteiger partial charge in [-0.1, -0.05) is 32.9 Å². The molecule has 1 nitrogen and oxygen atoms in total. The van der Waals surface area contributed by atoms with Crippen LogP contribution in [0, 0.1) is 0 Å². The molecule has 1 aliphatic rings. The van der Waals surface area contributed by atoms with Gasteiger partial charge in [-0.25, -0.2) is 0 Å². The van der Waals surface area contributed by atoms with Gasteiger partial charge in [-0.15, -0.1) is 0 Å². The number of ketones is 1. The number of carbonyl (C=O) groups is 1. The molecule has 16 heavy (non-hydrogen) atoms. The van der Waals surface area contributed by atoms with E-state index < -0.39 is 0 Å². The molecular formula is C15H20O. The molecule has 1 unspecified atom stereocenters. The van der Waals surface area contributed by atoms with Gasteiger partial charge in [-0.3, -0.25) is 4.79 Å². The van der Waals surface area contributed by atoms with E-state index >= 15 is 0 Å². The number of hydrogen-bond acceptors (Lipinski definition) is 1. The SMILES string of the molecule is CCc1ccc(CC)c2c1C(=O)CCC2C. The molecule has 1 heteroatoms. The van der Waals surface area contributed by atoms with Crippen LogP contribution in [0.25, 0.3) is 0 Å². The molecule has 1 atom stereocenters. The number of Topliss-reactive ketones (excluding diaryl/α,β-unsaturated/α-hetero) is 1. The van der Waals surface area contributed by atoms with Crippen molar-refractivity contribution >= 4 is 5.78 Å². The van der Waals surface area contributed by atoms with Crippen LogP contribution in [0.1, 0.15) is 66.6 Å². The van der Waals surface area contributed by atoms with E-state index in [9.17, 15) is 4.79 Å². The number of carbonyl (C=O) groups excluding carboxylic acids is 1. The van der Waals surface area contributed by atoms with Crippen molar-refractivity contribution in [3.8, 4) is 0 Å². The molecule has 1 aromatic carbocycles. The van der Waals surface area contributed by atoms with Crippen molar-refractivity contribution in [3.05, 3.63) is 34.4 Å². The Morgan fingerprint density at radius 1 is 1.19 bits per heavy atom. The van der Waals surface area contributed by atoms with Gasteiger partial charge in [0.25, 0.3) is 0 Å². The van der Waals surface area contributed by atoms with Crippen LogP contribution in [0.15, 0.2) is 12.1 Å². The lowest BCUT2D eigenvalue weighted by Gasteiger charge is -2.26. The normalized spacial score (nSPS) is 19.7. The van der Waals surface area contributed by atoms with Gasteiger partial charge in [0.15, 0.2) is 5.78 Å². The van der Waals surface area contributed by atoms with Crippen molar-refractivity contribution < 1.29 is 4.79 Å². The predicted molar refractivity (Wildman–Crippen MR) is 67.2 cm³/mol. The summed E-state index contributed by atoms with van der Waals surface area (Å²) in [5, 5.41) is 0. The highest BCUT2D eigenvalue weighted by Gasteiger charge is 2.26. The Balaban J connectivity index is 2.67. The average molecular weight is 216 g/mol. The summed E-state index contributed by atoms with van der Waals surface area (Å²) in [5.41, 5.74) is 5.01. The fraction of sp³-hybridized carbons (Fsp3) is 0.533. The van der Waals surface area contributed by atoms with Crippen molar-refractivity contribution in [2.45, 2.75) is 52.4 Å². The standard InChI is InChI=1S/C15H20O/c1-4-11-7-8-12(5-2)15-13(16)9-6-10(3)14(11)15/h7-8,10H,4-6,9H2,1-3H3. The first kappa shape index (κ1) is 11.4. The number of rotatable bonds is 2. The lowest BCUT2D eigenvalue weighted by molar-refractivity contribution is 0.0966. The molecule has 2 rings (SSSR count). The molecule has 0 saturated heterocycles. The number of fused-ring (bicyclic) bond motifs is 1. The zero-order valence-corrected chi connectivity index (χ0v) is 10.5. The molecule has 0 bridgehead atoms. The Kier molecular flexibility index (Phi) is 3.13. The van der Waals surface area contributed by atoms with Gasteiger partial charge in [-0.2, -0.15) is 0 Å². The molecule has 1 aliphatic carbocycles. The summed E-state index contributed by atoms with van der Waals surface area (Å²) >= 11 is 0. The first-order chi connectivity index (χ1) is 7.69. The number of hydrogen-bond donors (Lipinski definition) is 0. The highest BCUT2D eigenvalue weighted by molar-refractivity contribution is 6.00. The van der Waals surface area contributed by atoms with Crippen LogP contribution >= 0.6 is 0 Å². The van der Waals surface area contributed by atoms with E-state index in [4.69, 9.17) is 0 Å². The summed E-state index contributed by atoms with van der Waals surface area (Å²) in [6.07, 6.45) is 3.75. The van der Waals surface area contributed by atoms with Crippen LogP contribution in [0.4, 0.5) is 0 Å². The van der Waals surface area contributed by atoms with E-state index in [1.807, 2.05) is 0 Å². The number of aryl methyl sites for hydroxylation is 2.